The normalized spacial score (nSPS) is 10.2. The van der Waals surface area contributed by atoms with E-state index in [1.165, 1.54) is 7.11 Å². The molecule has 0 saturated heterocycles. The van der Waals surface area contributed by atoms with Gasteiger partial charge in [-0.05, 0) is 43.2 Å². The Morgan fingerprint density at radius 2 is 1.88 bits per heavy atom. The number of carbonyl (C=O) groups excluding carboxylic acids is 2. The van der Waals surface area contributed by atoms with Gasteiger partial charge in [-0.3, -0.25) is 4.79 Å². The van der Waals surface area contributed by atoms with Crippen LogP contribution >= 0.6 is 11.6 Å². The van der Waals surface area contributed by atoms with E-state index in [0.717, 1.165) is 11.1 Å². The van der Waals surface area contributed by atoms with Gasteiger partial charge in [0.15, 0.2) is 0 Å². The van der Waals surface area contributed by atoms with E-state index in [9.17, 15) is 9.59 Å². The predicted molar refractivity (Wildman–Crippen MR) is 100 cm³/mol. The zero-order chi connectivity index (χ0) is 18.4. The molecule has 132 valence electrons. The first-order valence-corrected chi connectivity index (χ1v) is 8.28. The highest BCUT2D eigenvalue weighted by molar-refractivity contribution is 6.34. The highest BCUT2D eigenvalue weighted by Crippen LogP contribution is 2.27. The summed E-state index contributed by atoms with van der Waals surface area (Å²) in [5.41, 5.74) is 3.66. The van der Waals surface area contributed by atoms with Crippen LogP contribution in [0, 0.1) is 13.8 Å². The Morgan fingerprint density at radius 3 is 2.56 bits per heavy atom. The quantitative estimate of drug-likeness (QED) is 0.758. The Morgan fingerprint density at radius 1 is 1.16 bits per heavy atom. The number of anilines is 2. The molecule has 0 unspecified atom stereocenters. The van der Waals surface area contributed by atoms with Crippen molar-refractivity contribution >= 4 is 34.9 Å². The maximum absolute atomic E-state index is 12.2. The van der Waals surface area contributed by atoms with Crippen molar-refractivity contribution in [2.75, 3.05) is 24.3 Å². The number of rotatable bonds is 6. The number of amides is 1. The third-order valence-corrected chi connectivity index (χ3v) is 3.99. The largest absolute Gasteiger partial charge is 0.465 e. The van der Waals surface area contributed by atoms with Crippen molar-refractivity contribution in [3.8, 4) is 0 Å². The lowest BCUT2D eigenvalue weighted by molar-refractivity contribution is -0.115. The lowest BCUT2D eigenvalue weighted by Crippen LogP contribution is -2.18. The van der Waals surface area contributed by atoms with Crippen molar-refractivity contribution < 1.29 is 14.3 Å². The van der Waals surface area contributed by atoms with Crippen molar-refractivity contribution in [3.05, 3.63) is 58.1 Å². The lowest BCUT2D eigenvalue weighted by Gasteiger charge is -2.13. The summed E-state index contributed by atoms with van der Waals surface area (Å²) in [6, 6.07) is 10.8. The number of benzene rings is 2. The molecule has 25 heavy (non-hydrogen) atoms. The summed E-state index contributed by atoms with van der Waals surface area (Å²) >= 11 is 6.20. The first kappa shape index (κ1) is 18.8. The summed E-state index contributed by atoms with van der Waals surface area (Å²) in [6.07, 6.45) is 0.235. The maximum Gasteiger partial charge on any atom is 0.339 e. The lowest BCUT2D eigenvalue weighted by atomic mass is 10.1. The fraction of sp³-hybridized carbons (Fsp3) is 0.263. The molecule has 0 heterocycles. The Labute approximate surface area is 152 Å². The first-order valence-electron chi connectivity index (χ1n) is 7.90. The van der Waals surface area contributed by atoms with Gasteiger partial charge < -0.3 is 15.4 Å². The van der Waals surface area contributed by atoms with E-state index in [-0.39, 0.29) is 12.3 Å². The molecule has 0 spiro atoms. The maximum atomic E-state index is 12.2. The molecule has 0 radical (unpaired) electrons. The van der Waals surface area contributed by atoms with Crippen molar-refractivity contribution in [2.24, 2.45) is 0 Å². The smallest absolute Gasteiger partial charge is 0.339 e. The molecule has 2 aromatic rings. The van der Waals surface area contributed by atoms with Gasteiger partial charge in [0, 0.05) is 18.7 Å². The fourth-order valence-corrected chi connectivity index (χ4v) is 2.88. The summed E-state index contributed by atoms with van der Waals surface area (Å²) in [4.78, 5) is 23.9. The van der Waals surface area contributed by atoms with Gasteiger partial charge in [-0.15, -0.1) is 0 Å². The topological polar surface area (TPSA) is 67.4 Å². The molecule has 2 aromatic carbocycles. The molecule has 0 bridgehead atoms. The van der Waals surface area contributed by atoms with Crippen molar-refractivity contribution in [1.29, 1.82) is 0 Å². The molecule has 0 aliphatic heterocycles. The van der Waals surface area contributed by atoms with E-state index in [0.29, 0.717) is 28.5 Å². The van der Waals surface area contributed by atoms with E-state index in [4.69, 9.17) is 16.3 Å². The summed E-state index contributed by atoms with van der Waals surface area (Å²) < 4.78 is 4.75. The van der Waals surface area contributed by atoms with E-state index in [1.807, 2.05) is 32.0 Å². The van der Waals surface area contributed by atoms with Gasteiger partial charge in [0.1, 0.15) is 0 Å². The van der Waals surface area contributed by atoms with Gasteiger partial charge in [-0.2, -0.15) is 0 Å². The fourth-order valence-electron chi connectivity index (χ4n) is 2.51. The molecular weight excluding hydrogens is 340 g/mol. The monoisotopic (exact) mass is 360 g/mol. The number of esters is 1. The van der Waals surface area contributed by atoms with Crippen LogP contribution in [-0.2, 0) is 9.53 Å². The Balaban J connectivity index is 1.95. The van der Waals surface area contributed by atoms with Gasteiger partial charge >= 0.3 is 5.97 Å². The van der Waals surface area contributed by atoms with Crippen LogP contribution in [-0.4, -0.2) is 25.5 Å². The molecule has 0 aliphatic carbocycles. The number of aryl methyl sites for hydroxylation is 2. The van der Waals surface area contributed by atoms with Gasteiger partial charge in [-0.1, -0.05) is 29.8 Å². The van der Waals surface area contributed by atoms with Crippen LogP contribution < -0.4 is 10.6 Å². The number of ether oxygens (including phenoxy) is 1. The number of para-hydroxylation sites is 1. The number of carbonyl (C=O) groups is 2. The van der Waals surface area contributed by atoms with Gasteiger partial charge in [0.2, 0.25) is 5.91 Å². The Bertz CT molecular complexity index is 767. The SMILES string of the molecule is COC(=O)c1ccccc1NCCC(=O)Nc1c(C)cc(C)cc1Cl. The predicted octanol–water partition coefficient (Wildman–Crippen LogP) is 4.18. The third kappa shape index (κ3) is 4.97. The van der Waals surface area contributed by atoms with Crippen molar-refractivity contribution in [3.63, 3.8) is 0 Å². The van der Waals surface area contributed by atoms with E-state index in [2.05, 4.69) is 10.6 Å². The Kier molecular flexibility index (Phi) is 6.42. The number of hydrogen-bond acceptors (Lipinski definition) is 4. The van der Waals surface area contributed by atoms with Gasteiger partial charge in [0.05, 0.1) is 23.4 Å². The highest BCUT2D eigenvalue weighted by Gasteiger charge is 2.12. The van der Waals surface area contributed by atoms with Crippen molar-refractivity contribution in [1.82, 2.24) is 0 Å². The highest BCUT2D eigenvalue weighted by atomic mass is 35.5. The average Bonchev–Trinajstić information content (AvgIpc) is 2.58. The molecule has 0 saturated carbocycles. The van der Waals surface area contributed by atoms with Crippen LogP contribution in [0.5, 0.6) is 0 Å². The molecule has 1 amide bonds. The molecule has 0 aliphatic rings. The third-order valence-electron chi connectivity index (χ3n) is 3.70. The van der Waals surface area contributed by atoms with Crippen LogP contribution in [0.1, 0.15) is 27.9 Å². The zero-order valence-corrected chi connectivity index (χ0v) is 15.2. The first-order chi connectivity index (χ1) is 11.9. The Hall–Kier alpha value is -2.53. The standard InChI is InChI=1S/C19H21ClN2O3/c1-12-10-13(2)18(15(20)11-12)22-17(23)8-9-21-16-7-5-4-6-14(16)19(24)25-3/h4-7,10-11,21H,8-9H2,1-3H3,(H,22,23). The zero-order valence-electron chi connectivity index (χ0n) is 14.5. The number of hydrogen-bond donors (Lipinski definition) is 2. The minimum Gasteiger partial charge on any atom is -0.465 e. The molecular formula is C19H21ClN2O3. The van der Waals surface area contributed by atoms with E-state index >= 15 is 0 Å². The summed E-state index contributed by atoms with van der Waals surface area (Å²) in [5.74, 6) is -0.577. The van der Waals surface area contributed by atoms with Gasteiger partial charge in [0.25, 0.3) is 0 Å². The second-order valence-electron chi connectivity index (χ2n) is 5.70. The molecule has 2 rings (SSSR count). The van der Waals surface area contributed by atoms with Crippen LogP contribution in [0.3, 0.4) is 0 Å². The summed E-state index contributed by atoms with van der Waals surface area (Å²) in [5, 5.41) is 6.45. The van der Waals surface area contributed by atoms with Gasteiger partial charge in [-0.25, -0.2) is 4.79 Å². The van der Waals surface area contributed by atoms with E-state index < -0.39 is 5.97 Å². The molecule has 6 heteroatoms. The molecule has 5 nitrogen and oxygen atoms in total. The van der Waals surface area contributed by atoms with Crippen LogP contribution in [0.4, 0.5) is 11.4 Å². The number of halogens is 1. The van der Waals surface area contributed by atoms with E-state index in [1.54, 1.807) is 18.2 Å². The number of nitrogens with one attached hydrogen (secondary N) is 2. The second kappa shape index (κ2) is 8.53. The molecule has 0 atom stereocenters. The van der Waals surface area contributed by atoms with Crippen LogP contribution in [0.25, 0.3) is 0 Å². The minimum atomic E-state index is -0.422. The van der Waals surface area contributed by atoms with Crippen molar-refractivity contribution in [2.45, 2.75) is 20.3 Å². The minimum absolute atomic E-state index is 0.156. The van der Waals surface area contributed by atoms with Crippen LogP contribution in [0.2, 0.25) is 5.02 Å². The number of methoxy groups -OCH3 is 1. The molecule has 2 N–H and O–H groups in total. The summed E-state index contributed by atoms with van der Waals surface area (Å²) in [7, 11) is 1.33. The molecule has 0 aromatic heterocycles. The molecule has 0 fully saturated rings. The van der Waals surface area contributed by atoms with Crippen LogP contribution in [0.15, 0.2) is 36.4 Å². The summed E-state index contributed by atoms with van der Waals surface area (Å²) in [6.45, 7) is 4.23. The average molecular weight is 361 g/mol. The second-order valence-corrected chi connectivity index (χ2v) is 6.11.